The van der Waals surface area contributed by atoms with Crippen LogP contribution in [0, 0.1) is 5.82 Å². The number of nitrogens with zero attached hydrogens (tertiary/aromatic N) is 3. The monoisotopic (exact) mass is 315 g/mol. The summed E-state index contributed by atoms with van der Waals surface area (Å²) in [7, 11) is 0. The minimum absolute atomic E-state index is 0.272. The van der Waals surface area contributed by atoms with Crippen LogP contribution < -0.4 is 0 Å². The summed E-state index contributed by atoms with van der Waals surface area (Å²) in [6, 6.07) is 4.86. The predicted octanol–water partition coefficient (Wildman–Crippen LogP) is 3.70. The molecule has 17 heavy (non-hydrogen) atoms. The first-order chi connectivity index (χ1) is 8.16. The van der Waals surface area contributed by atoms with Crippen molar-refractivity contribution < 1.29 is 4.39 Å². The fourth-order valence-electron chi connectivity index (χ4n) is 1.75. The lowest BCUT2D eigenvalue weighted by molar-refractivity contribution is 0.619. The molecule has 0 aliphatic heterocycles. The largest absolute Gasteiger partial charge is 0.269 e. The Labute approximate surface area is 111 Å². The van der Waals surface area contributed by atoms with Crippen molar-refractivity contribution in [1.82, 2.24) is 14.8 Å². The van der Waals surface area contributed by atoms with Crippen LogP contribution in [-0.2, 0) is 0 Å². The minimum atomic E-state index is -0.325. The topological polar surface area (TPSA) is 30.7 Å². The van der Waals surface area contributed by atoms with Gasteiger partial charge >= 0.3 is 0 Å². The second-order valence-electron chi connectivity index (χ2n) is 4.04. The van der Waals surface area contributed by atoms with Crippen molar-refractivity contribution in [2.24, 2.45) is 0 Å². The molecule has 1 aliphatic carbocycles. The smallest absolute Gasteiger partial charge is 0.229 e. The van der Waals surface area contributed by atoms with Crippen LogP contribution in [0.2, 0.25) is 5.28 Å². The van der Waals surface area contributed by atoms with Crippen molar-refractivity contribution >= 4 is 27.5 Å². The molecule has 2 aromatic rings. The lowest BCUT2D eigenvalue weighted by Crippen LogP contribution is -2.00. The molecule has 0 spiro atoms. The van der Waals surface area contributed by atoms with E-state index in [0.717, 1.165) is 18.7 Å². The van der Waals surface area contributed by atoms with Crippen molar-refractivity contribution in [3.05, 3.63) is 39.6 Å². The third kappa shape index (κ3) is 1.98. The Hall–Kier alpha value is -0.940. The van der Waals surface area contributed by atoms with Crippen LogP contribution in [0.3, 0.4) is 0 Å². The van der Waals surface area contributed by atoms with E-state index in [9.17, 15) is 4.39 Å². The van der Waals surface area contributed by atoms with E-state index >= 15 is 0 Å². The summed E-state index contributed by atoms with van der Waals surface area (Å²) in [5.74, 6) is 0.896. The lowest BCUT2D eigenvalue weighted by atomic mass is 10.3. The van der Waals surface area contributed by atoms with Crippen molar-refractivity contribution in [3.8, 4) is 5.69 Å². The molecular weight excluding hydrogens is 308 g/mol. The number of rotatable bonds is 2. The molecule has 1 aliphatic rings. The van der Waals surface area contributed by atoms with Crippen LogP contribution in [0.25, 0.3) is 5.69 Å². The van der Waals surface area contributed by atoms with Crippen molar-refractivity contribution in [3.63, 3.8) is 0 Å². The van der Waals surface area contributed by atoms with Gasteiger partial charge in [0, 0.05) is 5.92 Å². The SMILES string of the molecule is Fc1cc(-n2c(Cl)nnc2C2CC2)ccc1Br. The maximum absolute atomic E-state index is 13.5. The molecule has 0 saturated heterocycles. The van der Waals surface area contributed by atoms with Gasteiger partial charge in [0.1, 0.15) is 11.6 Å². The molecule has 0 N–H and O–H groups in total. The predicted molar refractivity (Wildman–Crippen MR) is 66.0 cm³/mol. The molecule has 3 rings (SSSR count). The second kappa shape index (κ2) is 4.07. The van der Waals surface area contributed by atoms with Gasteiger partial charge in [-0.05, 0) is 58.6 Å². The van der Waals surface area contributed by atoms with Gasteiger partial charge in [-0.1, -0.05) is 0 Å². The van der Waals surface area contributed by atoms with Gasteiger partial charge in [0.05, 0.1) is 10.2 Å². The normalized spacial score (nSPS) is 15.2. The molecule has 0 atom stereocenters. The van der Waals surface area contributed by atoms with E-state index in [1.165, 1.54) is 6.07 Å². The number of hydrogen-bond acceptors (Lipinski definition) is 2. The number of halogens is 3. The molecule has 3 nitrogen and oxygen atoms in total. The van der Waals surface area contributed by atoms with Gasteiger partial charge < -0.3 is 0 Å². The van der Waals surface area contributed by atoms with Crippen LogP contribution in [0.15, 0.2) is 22.7 Å². The Morgan fingerprint density at radius 3 is 2.76 bits per heavy atom. The van der Waals surface area contributed by atoms with E-state index in [1.54, 1.807) is 16.7 Å². The Morgan fingerprint density at radius 2 is 2.12 bits per heavy atom. The molecule has 0 radical (unpaired) electrons. The van der Waals surface area contributed by atoms with E-state index in [2.05, 4.69) is 26.1 Å². The van der Waals surface area contributed by atoms with E-state index in [-0.39, 0.29) is 11.1 Å². The Bertz CT molecular complexity index is 580. The van der Waals surface area contributed by atoms with Gasteiger partial charge in [-0.15, -0.1) is 10.2 Å². The Morgan fingerprint density at radius 1 is 1.35 bits per heavy atom. The van der Waals surface area contributed by atoms with Gasteiger partial charge in [0.2, 0.25) is 5.28 Å². The fraction of sp³-hybridized carbons (Fsp3) is 0.273. The van der Waals surface area contributed by atoms with Crippen LogP contribution in [0.5, 0.6) is 0 Å². The third-order valence-corrected chi connectivity index (χ3v) is 3.64. The zero-order valence-corrected chi connectivity index (χ0v) is 11.0. The maximum Gasteiger partial charge on any atom is 0.229 e. The summed E-state index contributed by atoms with van der Waals surface area (Å²) >= 11 is 9.12. The maximum atomic E-state index is 13.5. The van der Waals surface area contributed by atoms with Gasteiger partial charge in [-0.25, -0.2) is 4.39 Å². The first kappa shape index (κ1) is 11.2. The van der Waals surface area contributed by atoms with Gasteiger partial charge in [0.15, 0.2) is 0 Å². The van der Waals surface area contributed by atoms with Gasteiger partial charge in [-0.2, -0.15) is 0 Å². The zero-order chi connectivity index (χ0) is 12.0. The molecule has 0 amide bonds. The minimum Gasteiger partial charge on any atom is -0.269 e. The van der Waals surface area contributed by atoms with Crippen LogP contribution in [0.4, 0.5) is 4.39 Å². The molecule has 0 unspecified atom stereocenters. The highest BCUT2D eigenvalue weighted by atomic mass is 79.9. The number of aromatic nitrogens is 3. The summed E-state index contributed by atoms with van der Waals surface area (Å²) < 4.78 is 15.6. The van der Waals surface area contributed by atoms with Gasteiger partial charge in [-0.3, -0.25) is 4.57 Å². The molecule has 1 fully saturated rings. The van der Waals surface area contributed by atoms with E-state index < -0.39 is 0 Å². The third-order valence-electron chi connectivity index (χ3n) is 2.75. The van der Waals surface area contributed by atoms with Gasteiger partial charge in [0.25, 0.3) is 0 Å². The summed E-state index contributed by atoms with van der Waals surface area (Å²) in [6.07, 6.45) is 2.18. The van der Waals surface area contributed by atoms with Crippen LogP contribution in [-0.4, -0.2) is 14.8 Å². The van der Waals surface area contributed by atoms with Crippen molar-refractivity contribution in [1.29, 1.82) is 0 Å². The molecule has 6 heteroatoms. The molecule has 1 aromatic carbocycles. The molecule has 1 aromatic heterocycles. The first-order valence-corrected chi connectivity index (χ1v) is 6.40. The number of hydrogen-bond donors (Lipinski definition) is 0. The highest BCUT2D eigenvalue weighted by Crippen LogP contribution is 2.40. The molecule has 1 saturated carbocycles. The fourth-order valence-corrected chi connectivity index (χ4v) is 2.21. The Kier molecular flexibility index (Phi) is 2.67. The lowest BCUT2D eigenvalue weighted by Gasteiger charge is -2.07. The van der Waals surface area contributed by atoms with Crippen molar-refractivity contribution in [2.75, 3.05) is 0 Å². The molecule has 1 heterocycles. The average molecular weight is 317 g/mol. The summed E-state index contributed by atoms with van der Waals surface area (Å²) in [6.45, 7) is 0. The average Bonchev–Trinajstić information content (AvgIpc) is 3.07. The first-order valence-electron chi connectivity index (χ1n) is 5.23. The van der Waals surface area contributed by atoms with E-state index in [1.807, 2.05) is 0 Å². The molecule has 88 valence electrons. The second-order valence-corrected chi connectivity index (χ2v) is 5.23. The van der Waals surface area contributed by atoms with E-state index in [4.69, 9.17) is 11.6 Å². The zero-order valence-electron chi connectivity index (χ0n) is 8.70. The Balaban J connectivity index is 2.13. The summed E-state index contributed by atoms with van der Waals surface area (Å²) in [5, 5.41) is 8.18. The van der Waals surface area contributed by atoms with Crippen LogP contribution in [0.1, 0.15) is 24.6 Å². The standard InChI is InChI=1S/C11H8BrClFN3/c12-8-4-3-7(5-9(8)14)17-10(6-1-2-6)15-16-11(17)13/h3-6H,1-2H2. The van der Waals surface area contributed by atoms with Crippen LogP contribution >= 0.6 is 27.5 Å². The van der Waals surface area contributed by atoms with E-state index in [0.29, 0.717) is 16.1 Å². The number of benzene rings is 1. The molecule has 0 bridgehead atoms. The van der Waals surface area contributed by atoms with Crippen molar-refractivity contribution in [2.45, 2.75) is 18.8 Å². The summed E-state index contributed by atoms with van der Waals surface area (Å²) in [5.41, 5.74) is 0.655. The highest BCUT2D eigenvalue weighted by Gasteiger charge is 2.30. The molecular formula is C11H8BrClFN3. The summed E-state index contributed by atoms with van der Waals surface area (Å²) in [4.78, 5) is 0. The highest BCUT2D eigenvalue weighted by molar-refractivity contribution is 9.10. The quantitative estimate of drug-likeness (QED) is 0.846.